The van der Waals surface area contributed by atoms with Gasteiger partial charge < -0.3 is 9.88 Å². The molecule has 0 bridgehead atoms. The SMILES string of the molecule is CCn1cc(NC(=O)C2CNC(C#N)N2)ccc1=O. The second-order valence-corrected chi connectivity index (χ2v) is 4.22. The first kappa shape index (κ1) is 13.3. The quantitative estimate of drug-likeness (QED) is 0.663. The molecule has 1 aliphatic heterocycles. The topological polar surface area (TPSA) is 98.9 Å². The third-order valence-electron chi connectivity index (χ3n) is 2.93. The number of rotatable bonds is 3. The van der Waals surface area contributed by atoms with E-state index in [9.17, 15) is 9.59 Å². The number of hydrogen-bond acceptors (Lipinski definition) is 5. The monoisotopic (exact) mass is 261 g/mol. The van der Waals surface area contributed by atoms with Crippen LogP contribution in [0.3, 0.4) is 0 Å². The molecule has 1 aliphatic rings. The Hall–Kier alpha value is -2.17. The number of hydrogen-bond donors (Lipinski definition) is 3. The molecule has 2 atom stereocenters. The second-order valence-electron chi connectivity index (χ2n) is 4.22. The third kappa shape index (κ3) is 2.99. The van der Waals surface area contributed by atoms with E-state index in [2.05, 4.69) is 16.0 Å². The van der Waals surface area contributed by atoms with Crippen molar-refractivity contribution in [2.24, 2.45) is 0 Å². The van der Waals surface area contributed by atoms with E-state index in [1.165, 1.54) is 10.6 Å². The van der Waals surface area contributed by atoms with E-state index in [1.807, 2.05) is 13.0 Å². The molecule has 1 saturated heterocycles. The predicted octanol–water partition coefficient (Wildman–Crippen LogP) is -0.782. The van der Waals surface area contributed by atoms with Crippen LogP contribution in [-0.2, 0) is 11.3 Å². The maximum atomic E-state index is 12.0. The molecule has 1 aromatic rings. The molecule has 0 spiro atoms. The van der Waals surface area contributed by atoms with Crippen molar-refractivity contribution in [1.29, 1.82) is 5.26 Å². The predicted molar refractivity (Wildman–Crippen MR) is 69.3 cm³/mol. The van der Waals surface area contributed by atoms with Gasteiger partial charge in [-0.15, -0.1) is 0 Å². The van der Waals surface area contributed by atoms with Crippen molar-refractivity contribution >= 4 is 11.6 Å². The molecule has 0 saturated carbocycles. The van der Waals surface area contributed by atoms with Gasteiger partial charge in [-0.25, -0.2) is 0 Å². The molecule has 0 radical (unpaired) electrons. The molecule has 3 N–H and O–H groups in total. The number of nitrogens with zero attached hydrogens (tertiary/aromatic N) is 2. The Morgan fingerprint density at radius 3 is 3.05 bits per heavy atom. The fourth-order valence-corrected chi connectivity index (χ4v) is 1.89. The van der Waals surface area contributed by atoms with Crippen molar-refractivity contribution in [2.75, 3.05) is 11.9 Å². The summed E-state index contributed by atoms with van der Waals surface area (Å²) in [6.07, 6.45) is 1.10. The summed E-state index contributed by atoms with van der Waals surface area (Å²) >= 11 is 0. The lowest BCUT2D eigenvalue weighted by Crippen LogP contribution is -2.40. The maximum Gasteiger partial charge on any atom is 0.250 e. The second kappa shape index (κ2) is 5.65. The molecule has 2 rings (SSSR count). The van der Waals surface area contributed by atoms with Gasteiger partial charge in [-0.3, -0.25) is 20.2 Å². The van der Waals surface area contributed by atoms with Crippen LogP contribution in [0.5, 0.6) is 0 Å². The highest BCUT2D eigenvalue weighted by atomic mass is 16.2. The van der Waals surface area contributed by atoms with Crippen molar-refractivity contribution in [3.05, 3.63) is 28.7 Å². The van der Waals surface area contributed by atoms with Gasteiger partial charge in [0.15, 0.2) is 0 Å². The minimum atomic E-state index is -0.500. The number of anilines is 1. The van der Waals surface area contributed by atoms with Crippen molar-refractivity contribution in [3.63, 3.8) is 0 Å². The zero-order valence-corrected chi connectivity index (χ0v) is 10.5. The number of carbonyl (C=O) groups excluding carboxylic acids is 1. The fraction of sp³-hybridized carbons (Fsp3) is 0.417. The number of nitriles is 1. The van der Waals surface area contributed by atoms with Gasteiger partial charge in [0.25, 0.3) is 5.56 Å². The highest BCUT2D eigenvalue weighted by molar-refractivity contribution is 5.95. The number of pyridine rings is 1. The van der Waals surface area contributed by atoms with E-state index >= 15 is 0 Å². The van der Waals surface area contributed by atoms with Crippen LogP contribution < -0.4 is 21.5 Å². The number of nitrogens with one attached hydrogen (secondary N) is 3. The zero-order valence-electron chi connectivity index (χ0n) is 10.5. The summed E-state index contributed by atoms with van der Waals surface area (Å²) in [5.74, 6) is -0.230. The van der Waals surface area contributed by atoms with Crippen LogP contribution in [0.2, 0.25) is 0 Å². The zero-order chi connectivity index (χ0) is 13.8. The van der Waals surface area contributed by atoms with Gasteiger partial charge in [0.1, 0.15) is 12.2 Å². The van der Waals surface area contributed by atoms with Crippen LogP contribution in [0.1, 0.15) is 6.92 Å². The van der Waals surface area contributed by atoms with Crippen LogP contribution in [-0.4, -0.2) is 29.2 Å². The molecule has 2 unspecified atom stereocenters. The molecular formula is C12H15N5O2. The summed E-state index contributed by atoms with van der Waals surface area (Å²) in [5.41, 5.74) is 0.458. The van der Waals surface area contributed by atoms with Crippen molar-refractivity contribution in [3.8, 4) is 6.07 Å². The van der Waals surface area contributed by atoms with Gasteiger partial charge >= 0.3 is 0 Å². The van der Waals surface area contributed by atoms with Gasteiger partial charge in [0.05, 0.1) is 11.8 Å². The van der Waals surface area contributed by atoms with E-state index in [1.54, 1.807) is 12.3 Å². The van der Waals surface area contributed by atoms with E-state index in [0.29, 0.717) is 18.8 Å². The normalized spacial score (nSPS) is 21.9. The molecule has 0 aromatic carbocycles. The Morgan fingerprint density at radius 2 is 2.42 bits per heavy atom. The van der Waals surface area contributed by atoms with Gasteiger partial charge in [0.2, 0.25) is 5.91 Å². The Kier molecular flexibility index (Phi) is 3.94. The fourth-order valence-electron chi connectivity index (χ4n) is 1.89. The Labute approximate surface area is 110 Å². The highest BCUT2D eigenvalue weighted by Crippen LogP contribution is 2.05. The molecule has 1 amide bonds. The summed E-state index contributed by atoms with van der Waals surface area (Å²) in [6.45, 7) is 2.80. The van der Waals surface area contributed by atoms with E-state index in [-0.39, 0.29) is 11.5 Å². The Bertz CT molecular complexity index is 574. The number of aromatic nitrogens is 1. The molecule has 7 heteroatoms. The molecular weight excluding hydrogens is 246 g/mol. The summed E-state index contributed by atoms with van der Waals surface area (Å²) in [6, 6.07) is 4.52. The first-order valence-corrected chi connectivity index (χ1v) is 6.04. The molecule has 1 aromatic heterocycles. The maximum absolute atomic E-state index is 12.0. The first-order valence-electron chi connectivity index (χ1n) is 6.04. The smallest absolute Gasteiger partial charge is 0.250 e. The lowest BCUT2D eigenvalue weighted by atomic mass is 10.3. The molecule has 7 nitrogen and oxygen atoms in total. The van der Waals surface area contributed by atoms with Gasteiger partial charge in [-0.1, -0.05) is 0 Å². The van der Waals surface area contributed by atoms with Crippen LogP contribution >= 0.6 is 0 Å². The summed E-state index contributed by atoms with van der Waals surface area (Å²) < 4.78 is 1.51. The number of amides is 1. The van der Waals surface area contributed by atoms with Gasteiger partial charge in [0, 0.05) is 25.4 Å². The average molecular weight is 261 g/mol. The molecule has 19 heavy (non-hydrogen) atoms. The lowest BCUT2D eigenvalue weighted by molar-refractivity contribution is -0.117. The Morgan fingerprint density at radius 1 is 1.63 bits per heavy atom. The Balaban J connectivity index is 2.04. The number of carbonyl (C=O) groups is 1. The van der Waals surface area contributed by atoms with E-state index in [0.717, 1.165) is 0 Å². The molecule has 1 fully saturated rings. The first-order chi connectivity index (χ1) is 9.13. The highest BCUT2D eigenvalue weighted by Gasteiger charge is 2.28. The summed E-state index contributed by atoms with van der Waals surface area (Å²) in [5, 5.41) is 17.1. The molecule has 100 valence electrons. The third-order valence-corrected chi connectivity index (χ3v) is 2.93. The lowest BCUT2D eigenvalue weighted by Gasteiger charge is -2.12. The summed E-state index contributed by atoms with van der Waals surface area (Å²) in [7, 11) is 0. The van der Waals surface area contributed by atoms with Crippen LogP contribution in [0, 0.1) is 11.3 Å². The number of aryl methyl sites for hydroxylation is 1. The standard InChI is InChI=1S/C12H15N5O2/c1-2-17-7-8(3-4-11(17)18)15-12(19)9-6-14-10(5-13)16-9/h3-4,7,9-10,14,16H,2,6H2,1H3,(H,15,19). The van der Waals surface area contributed by atoms with Crippen molar-refractivity contribution in [2.45, 2.75) is 25.7 Å². The van der Waals surface area contributed by atoms with Crippen LogP contribution in [0.15, 0.2) is 23.1 Å². The van der Waals surface area contributed by atoms with Crippen LogP contribution in [0.25, 0.3) is 0 Å². The van der Waals surface area contributed by atoms with Crippen molar-refractivity contribution in [1.82, 2.24) is 15.2 Å². The minimum absolute atomic E-state index is 0.106. The van der Waals surface area contributed by atoms with Gasteiger partial charge in [-0.2, -0.15) is 5.26 Å². The largest absolute Gasteiger partial charge is 0.323 e. The summed E-state index contributed by atoms with van der Waals surface area (Å²) in [4.78, 5) is 23.4. The minimum Gasteiger partial charge on any atom is -0.323 e. The van der Waals surface area contributed by atoms with E-state index in [4.69, 9.17) is 5.26 Å². The molecule has 0 aliphatic carbocycles. The molecule has 2 heterocycles. The van der Waals surface area contributed by atoms with Crippen LogP contribution in [0.4, 0.5) is 5.69 Å². The van der Waals surface area contributed by atoms with Gasteiger partial charge in [-0.05, 0) is 13.0 Å². The van der Waals surface area contributed by atoms with Crippen molar-refractivity contribution < 1.29 is 4.79 Å². The average Bonchev–Trinajstić information content (AvgIpc) is 2.90. The van der Waals surface area contributed by atoms with E-state index < -0.39 is 12.2 Å².